The molecule has 5 aromatic carbocycles. The number of carbonyl (C=O) groups excluding carboxylic acids is 1. The number of hydrogen-bond acceptors (Lipinski definition) is 4. The molecule has 0 bridgehead atoms. The van der Waals surface area contributed by atoms with Crippen molar-refractivity contribution in [1.82, 2.24) is 14.9 Å². The molecule has 6 heteroatoms. The number of benzene rings is 5. The van der Waals surface area contributed by atoms with E-state index in [1.165, 1.54) is 5.56 Å². The SMILES string of the molecule is COc1ccccc1Cn1c(COc2ccc3ccccc3c2)nc2cc(C(=O)NCCc3ccccc3)ccc21. The van der Waals surface area contributed by atoms with Gasteiger partial charge in [0.25, 0.3) is 5.91 Å². The topological polar surface area (TPSA) is 65.4 Å². The minimum Gasteiger partial charge on any atom is -0.496 e. The van der Waals surface area contributed by atoms with Gasteiger partial charge in [-0.1, -0.05) is 78.9 Å². The standard InChI is InChI=1S/C35H31N3O3/c1-40-33-14-8-7-13-29(33)23-38-32-18-16-28(35(39)36-20-19-25-9-3-2-4-10-25)22-31(32)37-34(38)24-41-30-17-15-26-11-5-6-12-27(26)21-30/h2-18,21-22H,19-20,23-24H2,1H3,(H,36,39). The van der Waals surface area contributed by atoms with Gasteiger partial charge in [-0.25, -0.2) is 4.98 Å². The quantitative estimate of drug-likeness (QED) is 0.207. The van der Waals surface area contributed by atoms with Crippen molar-refractivity contribution in [2.24, 2.45) is 0 Å². The summed E-state index contributed by atoms with van der Waals surface area (Å²) in [5.74, 6) is 2.24. The van der Waals surface area contributed by atoms with Crippen molar-refractivity contribution in [2.45, 2.75) is 19.6 Å². The summed E-state index contributed by atoms with van der Waals surface area (Å²) in [6, 6.07) is 38.1. The number of aromatic nitrogens is 2. The summed E-state index contributed by atoms with van der Waals surface area (Å²) in [6.07, 6.45) is 0.776. The van der Waals surface area contributed by atoms with Gasteiger partial charge in [0.05, 0.1) is 24.7 Å². The summed E-state index contributed by atoms with van der Waals surface area (Å²) in [5.41, 5.74) is 4.47. The molecule has 0 radical (unpaired) electrons. The van der Waals surface area contributed by atoms with Gasteiger partial charge < -0.3 is 19.4 Å². The lowest BCUT2D eigenvalue weighted by atomic mass is 10.1. The molecule has 0 fully saturated rings. The molecule has 6 rings (SSSR count). The van der Waals surface area contributed by atoms with Crippen LogP contribution in [0.5, 0.6) is 11.5 Å². The molecule has 41 heavy (non-hydrogen) atoms. The first-order chi connectivity index (χ1) is 20.2. The third-order valence-corrected chi connectivity index (χ3v) is 7.24. The summed E-state index contributed by atoms with van der Waals surface area (Å²) in [5, 5.41) is 5.32. The third kappa shape index (κ3) is 5.92. The predicted octanol–water partition coefficient (Wildman–Crippen LogP) is 6.80. The maximum Gasteiger partial charge on any atom is 0.251 e. The Morgan fingerprint density at radius 3 is 2.46 bits per heavy atom. The van der Waals surface area contributed by atoms with Crippen LogP contribution < -0.4 is 14.8 Å². The lowest BCUT2D eigenvalue weighted by molar-refractivity contribution is 0.0954. The molecular weight excluding hydrogens is 510 g/mol. The van der Waals surface area contributed by atoms with Crippen molar-refractivity contribution in [3.05, 3.63) is 138 Å². The molecule has 204 valence electrons. The molecule has 0 unspecified atom stereocenters. The first-order valence-electron chi connectivity index (χ1n) is 13.7. The van der Waals surface area contributed by atoms with Crippen molar-refractivity contribution in [3.63, 3.8) is 0 Å². The number of imidazole rings is 1. The van der Waals surface area contributed by atoms with Crippen LogP contribution in [0.15, 0.2) is 115 Å². The van der Waals surface area contributed by atoms with Gasteiger partial charge in [0, 0.05) is 17.7 Å². The number of nitrogens with zero attached hydrogens (tertiary/aromatic N) is 2. The lowest BCUT2D eigenvalue weighted by Gasteiger charge is -2.13. The molecule has 6 nitrogen and oxygen atoms in total. The van der Waals surface area contributed by atoms with Crippen LogP contribution in [0, 0.1) is 0 Å². The van der Waals surface area contributed by atoms with Gasteiger partial charge in [0.1, 0.15) is 23.9 Å². The smallest absolute Gasteiger partial charge is 0.251 e. The van der Waals surface area contributed by atoms with E-state index >= 15 is 0 Å². The first-order valence-corrected chi connectivity index (χ1v) is 13.7. The third-order valence-electron chi connectivity index (χ3n) is 7.24. The van der Waals surface area contributed by atoms with Crippen LogP contribution in [-0.2, 0) is 19.6 Å². The molecule has 0 aliphatic rings. The number of para-hydroxylation sites is 1. The highest BCUT2D eigenvalue weighted by atomic mass is 16.5. The second-order valence-corrected chi connectivity index (χ2v) is 9.92. The Bertz CT molecular complexity index is 1810. The molecule has 1 amide bonds. The van der Waals surface area contributed by atoms with Crippen molar-refractivity contribution in [1.29, 1.82) is 0 Å². The van der Waals surface area contributed by atoms with E-state index in [4.69, 9.17) is 14.5 Å². The second-order valence-electron chi connectivity index (χ2n) is 9.92. The van der Waals surface area contributed by atoms with Gasteiger partial charge >= 0.3 is 0 Å². The molecule has 1 heterocycles. The summed E-state index contributed by atoms with van der Waals surface area (Å²) in [7, 11) is 1.68. The number of fused-ring (bicyclic) bond motifs is 2. The second kappa shape index (κ2) is 12.0. The highest BCUT2D eigenvalue weighted by molar-refractivity contribution is 5.97. The fraction of sp³-hybridized carbons (Fsp3) is 0.143. The molecule has 0 saturated heterocycles. The fourth-order valence-electron chi connectivity index (χ4n) is 5.08. The van der Waals surface area contributed by atoms with Crippen molar-refractivity contribution in [2.75, 3.05) is 13.7 Å². The normalized spacial score (nSPS) is 11.0. The van der Waals surface area contributed by atoms with E-state index in [-0.39, 0.29) is 12.5 Å². The van der Waals surface area contributed by atoms with Crippen LogP contribution in [0.25, 0.3) is 21.8 Å². The molecule has 0 aliphatic carbocycles. The van der Waals surface area contributed by atoms with Gasteiger partial charge in [0.2, 0.25) is 0 Å². The molecule has 6 aromatic rings. The molecule has 1 aromatic heterocycles. The van der Waals surface area contributed by atoms with Crippen LogP contribution in [0.4, 0.5) is 0 Å². The van der Waals surface area contributed by atoms with E-state index in [1.54, 1.807) is 7.11 Å². The molecule has 0 aliphatic heterocycles. The highest BCUT2D eigenvalue weighted by Crippen LogP contribution is 2.26. The van der Waals surface area contributed by atoms with Crippen LogP contribution in [0.1, 0.15) is 27.3 Å². The van der Waals surface area contributed by atoms with Gasteiger partial charge in [-0.15, -0.1) is 0 Å². The number of hydrogen-bond donors (Lipinski definition) is 1. The number of ether oxygens (including phenoxy) is 2. The zero-order valence-corrected chi connectivity index (χ0v) is 22.9. The largest absolute Gasteiger partial charge is 0.496 e. The average molecular weight is 542 g/mol. The van der Waals surface area contributed by atoms with Gasteiger partial charge in [0.15, 0.2) is 0 Å². The molecule has 1 N–H and O–H groups in total. The number of carbonyl (C=O) groups is 1. The van der Waals surface area contributed by atoms with Crippen LogP contribution >= 0.6 is 0 Å². The average Bonchev–Trinajstić information content (AvgIpc) is 3.36. The van der Waals surface area contributed by atoms with E-state index in [0.717, 1.165) is 51.1 Å². The zero-order valence-electron chi connectivity index (χ0n) is 22.9. The zero-order chi connectivity index (χ0) is 28.0. The molecule has 0 atom stereocenters. The van der Waals surface area contributed by atoms with Crippen molar-refractivity contribution < 1.29 is 14.3 Å². The minimum absolute atomic E-state index is 0.115. The maximum absolute atomic E-state index is 13.0. The maximum atomic E-state index is 13.0. The summed E-state index contributed by atoms with van der Waals surface area (Å²) in [4.78, 5) is 17.9. The van der Waals surface area contributed by atoms with Gasteiger partial charge in [-0.2, -0.15) is 0 Å². The lowest BCUT2D eigenvalue weighted by Crippen LogP contribution is -2.25. The van der Waals surface area contributed by atoms with Crippen LogP contribution in [0.3, 0.4) is 0 Å². The highest BCUT2D eigenvalue weighted by Gasteiger charge is 2.16. The van der Waals surface area contributed by atoms with E-state index in [1.807, 2.05) is 84.9 Å². The number of nitrogens with one attached hydrogen (secondary N) is 1. The Labute approximate surface area is 239 Å². The summed E-state index contributed by atoms with van der Waals surface area (Å²) < 4.78 is 14.0. The van der Waals surface area contributed by atoms with E-state index < -0.39 is 0 Å². The first kappa shape index (κ1) is 26.1. The summed E-state index contributed by atoms with van der Waals surface area (Å²) in [6.45, 7) is 1.40. The van der Waals surface area contributed by atoms with E-state index in [0.29, 0.717) is 18.7 Å². The Morgan fingerprint density at radius 2 is 1.61 bits per heavy atom. The van der Waals surface area contributed by atoms with Crippen molar-refractivity contribution in [3.8, 4) is 11.5 Å². The molecule has 0 spiro atoms. The Morgan fingerprint density at radius 1 is 0.829 bits per heavy atom. The monoisotopic (exact) mass is 541 g/mol. The van der Waals surface area contributed by atoms with Gasteiger partial charge in [-0.3, -0.25) is 4.79 Å². The molecule has 0 saturated carbocycles. The summed E-state index contributed by atoms with van der Waals surface area (Å²) >= 11 is 0. The Kier molecular flexibility index (Phi) is 7.63. The predicted molar refractivity (Wildman–Crippen MR) is 163 cm³/mol. The number of methoxy groups -OCH3 is 1. The van der Waals surface area contributed by atoms with Crippen molar-refractivity contribution >= 4 is 27.7 Å². The minimum atomic E-state index is -0.115. The van der Waals surface area contributed by atoms with Crippen LogP contribution in [0.2, 0.25) is 0 Å². The fourth-order valence-corrected chi connectivity index (χ4v) is 5.08. The molecular formula is C35H31N3O3. The van der Waals surface area contributed by atoms with Gasteiger partial charge in [-0.05, 0) is 59.2 Å². The number of amides is 1. The van der Waals surface area contributed by atoms with E-state index in [2.05, 4.69) is 40.2 Å². The Hall–Kier alpha value is -5.10. The Balaban J connectivity index is 1.27. The van der Waals surface area contributed by atoms with Crippen LogP contribution in [-0.4, -0.2) is 29.1 Å². The van der Waals surface area contributed by atoms with E-state index in [9.17, 15) is 4.79 Å². The number of rotatable bonds is 10.